The van der Waals surface area contributed by atoms with Crippen LogP contribution in [-0.2, 0) is 4.74 Å². The molecule has 4 aromatic rings. The minimum atomic E-state index is -0.378. The summed E-state index contributed by atoms with van der Waals surface area (Å²) in [5, 5.41) is 3.80. The van der Waals surface area contributed by atoms with Crippen LogP contribution in [0.3, 0.4) is 0 Å². The van der Waals surface area contributed by atoms with Gasteiger partial charge in [0.25, 0.3) is 0 Å². The van der Waals surface area contributed by atoms with E-state index < -0.39 is 0 Å². The zero-order valence-corrected chi connectivity index (χ0v) is 21.7. The summed E-state index contributed by atoms with van der Waals surface area (Å²) in [6, 6.07) is 7.13. The molecule has 37 heavy (non-hydrogen) atoms. The lowest BCUT2D eigenvalue weighted by atomic mass is 10.1. The van der Waals surface area contributed by atoms with E-state index in [0.717, 1.165) is 25.9 Å². The number of halogens is 1. The summed E-state index contributed by atoms with van der Waals surface area (Å²) in [6.45, 7) is 1.87. The lowest BCUT2D eigenvalue weighted by Crippen LogP contribution is -2.35. The molecule has 1 aliphatic rings. The van der Waals surface area contributed by atoms with Gasteiger partial charge < -0.3 is 25.4 Å². The van der Waals surface area contributed by atoms with Crippen molar-refractivity contribution in [1.29, 1.82) is 0 Å². The first kappa shape index (κ1) is 24.8. The van der Waals surface area contributed by atoms with Crippen molar-refractivity contribution in [3.05, 3.63) is 53.2 Å². The number of nitrogens with two attached hydrogens (primary N) is 1. The van der Waals surface area contributed by atoms with Gasteiger partial charge in [0, 0.05) is 25.7 Å². The quantitative estimate of drug-likeness (QED) is 0.269. The maximum atomic E-state index is 15.2. The van der Waals surface area contributed by atoms with Gasteiger partial charge in [0.2, 0.25) is 0 Å². The monoisotopic (exact) mass is 521 g/mol. The average molecular weight is 522 g/mol. The number of likely N-dealkylation sites (tertiary alicyclic amines) is 1. The van der Waals surface area contributed by atoms with Crippen molar-refractivity contribution in [3.63, 3.8) is 0 Å². The summed E-state index contributed by atoms with van der Waals surface area (Å²) >= 11 is 1.25. The van der Waals surface area contributed by atoms with Crippen molar-refractivity contribution >= 4 is 55.9 Å². The largest absolute Gasteiger partial charge is 0.493 e. The Morgan fingerprint density at radius 3 is 2.78 bits per heavy atom. The molecule has 0 saturated carbocycles. The highest BCUT2D eigenvalue weighted by Crippen LogP contribution is 2.37. The Balaban J connectivity index is 1.63. The molecule has 192 valence electrons. The third-order valence-electron chi connectivity index (χ3n) is 6.40. The normalized spacial score (nSPS) is 15.9. The van der Waals surface area contributed by atoms with Crippen molar-refractivity contribution in [2.75, 3.05) is 39.6 Å². The first-order valence-corrected chi connectivity index (χ1v) is 12.8. The van der Waals surface area contributed by atoms with E-state index in [4.69, 9.17) is 15.2 Å². The predicted molar refractivity (Wildman–Crippen MR) is 146 cm³/mol. The second kappa shape index (κ2) is 10.7. The Morgan fingerprint density at radius 2 is 2.03 bits per heavy atom. The van der Waals surface area contributed by atoms with E-state index in [1.54, 1.807) is 38.0 Å². The Morgan fingerprint density at radius 1 is 1.22 bits per heavy atom. The number of methoxy groups -OCH3 is 1. The second-order valence-corrected chi connectivity index (χ2v) is 9.69. The molecule has 5 rings (SSSR count). The molecule has 2 aromatic carbocycles. The topological polar surface area (TPSA) is 111 Å². The molecule has 0 spiro atoms. The number of fused-ring (bicyclic) bond motifs is 2. The molecule has 0 aliphatic carbocycles. The number of hydrogen-bond acceptors (Lipinski definition) is 10. The van der Waals surface area contributed by atoms with E-state index in [9.17, 15) is 0 Å². The van der Waals surface area contributed by atoms with Crippen LogP contribution in [0.4, 0.5) is 15.9 Å². The number of thiazole rings is 1. The van der Waals surface area contributed by atoms with E-state index in [0.29, 0.717) is 55.4 Å². The molecule has 0 unspecified atom stereocenters. The number of hydrogen-bond donors (Lipinski definition) is 2. The molecule has 0 bridgehead atoms. The van der Waals surface area contributed by atoms with Crippen LogP contribution in [0.15, 0.2) is 46.9 Å². The van der Waals surface area contributed by atoms with Crippen LogP contribution < -0.4 is 15.8 Å². The van der Waals surface area contributed by atoms with Crippen LogP contribution in [0, 0.1) is 5.82 Å². The highest BCUT2D eigenvalue weighted by atomic mass is 32.1. The molecular formula is C26H28FN7O2S. The summed E-state index contributed by atoms with van der Waals surface area (Å²) in [7, 11) is 5.29. The van der Waals surface area contributed by atoms with Crippen molar-refractivity contribution in [2.24, 2.45) is 10.7 Å². The SMILES string of the molecule is CN=C/C(OC)=C(\N)c1cc(OC2CCN(C)CC2)c2c(Nc3ccc4ncsc4c3F)ncnc2c1. The number of nitrogens with zero attached hydrogens (tertiary/aromatic N) is 5. The van der Waals surface area contributed by atoms with Crippen LogP contribution in [-0.4, -0.2) is 66.5 Å². The third kappa shape index (κ3) is 5.05. The number of anilines is 2. The minimum Gasteiger partial charge on any atom is -0.493 e. The van der Waals surface area contributed by atoms with E-state index in [1.165, 1.54) is 17.7 Å². The second-order valence-electron chi connectivity index (χ2n) is 8.83. The summed E-state index contributed by atoms with van der Waals surface area (Å²) in [5.74, 6) is 1.06. The van der Waals surface area contributed by atoms with Crippen LogP contribution in [0.1, 0.15) is 18.4 Å². The Hall–Kier alpha value is -3.83. The maximum Gasteiger partial charge on any atom is 0.166 e. The van der Waals surface area contributed by atoms with Gasteiger partial charge in [0.1, 0.15) is 24.0 Å². The number of aliphatic imine (C=N–C) groups is 1. The summed E-state index contributed by atoms with van der Waals surface area (Å²) < 4.78 is 27.7. The number of nitrogens with one attached hydrogen (secondary N) is 1. The number of ether oxygens (including phenoxy) is 2. The molecule has 11 heteroatoms. The number of rotatable bonds is 7. The van der Waals surface area contributed by atoms with Crippen LogP contribution >= 0.6 is 11.3 Å². The fraction of sp³-hybridized carbons (Fsp3) is 0.308. The number of benzene rings is 2. The minimum absolute atomic E-state index is 0.0114. The van der Waals surface area contributed by atoms with E-state index >= 15 is 4.39 Å². The van der Waals surface area contributed by atoms with E-state index in [-0.39, 0.29) is 11.9 Å². The van der Waals surface area contributed by atoms with Crippen molar-refractivity contribution in [2.45, 2.75) is 18.9 Å². The molecule has 9 nitrogen and oxygen atoms in total. The zero-order chi connectivity index (χ0) is 25.9. The maximum absolute atomic E-state index is 15.2. The highest BCUT2D eigenvalue weighted by molar-refractivity contribution is 7.16. The predicted octanol–water partition coefficient (Wildman–Crippen LogP) is 4.57. The number of aromatic nitrogens is 3. The van der Waals surface area contributed by atoms with Crippen LogP contribution in [0.2, 0.25) is 0 Å². The van der Waals surface area contributed by atoms with Crippen LogP contribution in [0.5, 0.6) is 5.75 Å². The van der Waals surface area contributed by atoms with E-state index in [1.807, 2.05) is 12.1 Å². The number of piperidine rings is 1. The molecule has 1 aliphatic heterocycles. The molecular weight excluding hydrogens is 493 g/mol. The first-order chi connectivity index (χ1) is 18.0. The summed E-state index contributed by atoms with van der Waals surface area (Å²) in [4.78, 5) is 19.4. The highest BCUT2D eigenvalue weighted by Gasteiger charge is 2.22. The van der Waals surface area contributed by atoms with Gasteiger partial charge in [0.15, 0.2) is 11.6 Å². The van der Waals surface area contributed by atoms with Gasteiger partial charge in [-0.2, -0.15) is 0 Å². The first-order valence-electron chi connectivity index (χ1n) is 11.9. The van der Waals surface area contributed by atoms with Gasteiger partial charge in [-0.05, 0) is 44.2 Å². The molecule has 0 radical (unpaired) electrons. The lowest BCUT2D eigenvalue weighted by molar-refractivity contribution is 0.115. The molecule has 3 N–H and O–H groups in total. The fourth-order valence-electron chi connectivity index (χ4n) is 4.39. The Bertz CT molecular complexity index is 1500. The summed E-state index contributed by atoms with van der Waals surface area (Å²) in [5.41, 5.74) is 10.7. The fourth-order valence-corrected chi connectivity index (χ4v) is 5.12. The van der Waals surface area contributed by atoms with Crippen molar-refractivity contribution in [1.82, 2.24) is 19.9 Å². The van der Waals surface area contributed by atoms with Gasteiger partial charge in [-0.25, -0.2) is 19.3 Å². The average Bonchev–Trinajstić information content (AvgIpc) is 3.39. The molecule has 3 heterocycles. The smallest absolute Gasteiger partial charge is 0.166 e. The van der Waals surface area contributed by atoms with Gasteiger partial charge in [-0.3, -0.25) is 4.99 Å². The number of allylic oxidation sites excluding steroid dienone is 1. The van der Waals surface area contributed by atoms with Crippen molar-refractivity contribution in [3.8, 4) is 5.75 Å². The molecule has 2 aromatic heterocycles. The Labute approximate surface area is 217 Å². The zero-order valence-electron chi connectivity index (χ0n) is 20.9. The van der Waals surface area contributed by atoms with E-state index in [2.05, 4.69) is 37.2 Å². The van der Waals surface area contributed by atoms with Crippen molar-refractivity contribution < 1.29 is 13.9 Å². The van der Waals surface area contributed by atoms with Gasteiger partial charge in [0.05, 0.1) is 51.3 Å². The van der Waals surface area contributed by atoms with Gasteiger partial charge in [-0.1, -0.05) is 0 Å². The van der Waals surface area contributed by atoms with Gasteiger partial charge >= 0.3 is 0 Å². The molecule has 0 atom stereocenters. The summed E-state index contributed by atoms with van der Waals surface area (Å²) in [6.07, 6.45) is 4.76. The Kier molecular flexibility index (Phi) is 7.15. The lowest BCUT2D eigenvalue weighted by Gasteiger charge is -2.30. The standard InChI is InChI=1S/C26H28FN7O2S/c1-29-12-21(35-3)24(28)15-10-19-22(20(11-15)36-16-6-8-34(2)9-7-16)26(31-13-30-19)33-17-4-5-18-25(23(17)27)37-14-32-18/h4-5,10-14,16H,6-9,28H2,1-3H3,(H,30,31,33)/b24-21+,29-12?. The molecule has 1 fully saturated rings. The van der Waals surface area contributed by atoms with Gasteiger partial charge in [-0.15, -0.1) is 11.3 Å². The molecule has 0 amide bonds. The molecule has 1 saturated heterocycles. The third-order valence-corrected chi connectivity index (χ3v) is 7.23. The van der Waals surface area contributed by atoms with Crippen LogP contribution in [0.25, 0.3) is 26.8 Å².